The minimum absolute atomic E-state index is 0.174. The Morgan fingerprint density at radius 1 is 1.08 bits per heavy atom. The molecule has 0 unspecified atom stereocenters. The van der Waals surface area contributed by atoms with E-state index in [1.807, 2.05) is 0 Å². The lowest BCUT2D eigenvalue weighted by Crippen LogP contribution is -2.10. The van der Waals surface area contributed by atoms with E-state index in [0.29, 0.717) is 17.2 Å². The summed E-state index contributed by atoms with van der Waals surface area (Å²) in [6.45, 7) is 0. The molecule has 0 spiro atoms. The molecule has 1 heterocycles. The van der Waals surface area contributed by atoms with Crippen molar-refractivity contribution in [3.63, 3.8) is 0 Å². The first-order chi connectivity index (χ1) is 12.0. The van der Waals surface area contributed by atoms with Gasteiger partial charge in [0.1, 0.15) is 22.2 Å². The lowest BCUT2D eigenvalue weighted by atomic mass is 10.3. The number of rotatable bonds is 5. The van der Waals surface area contributed by atoms with E-state index in [4.69, 9.17) is 9.15 Å². The van der Waals surface area contributed by atoms with E-state index in [2.05, 4.69) is 5.32 Å². The van der Waals surface area contributed by atoms with E-state index in [1.165, 1.54) is 24.3 Å². The van der Waals surface area contributed by atoms with Gasteiger partial charge in [0, 0.05) is 11.8 Å². The van der Waals surface area contributed by atoms with Crippen LogP contribution in [0.1, 0.15) is 10.6 Å². The van der Waals surface area contributed by atoms with Crippen LogP contribution in [-0.2, 0) is 0 Å². The SMILES string of the molecule is O=C(Nc1ccc(Oc2cccc(F)c2)cc1)c1ccc([N+](=O)[O-])o1. The number of nitrogens with one attached hydrogen (secondary N) is 1. The van der Waals surface area contributed by atoms with E-state index in [1.54, 1.807) is 30.3 Å². The molecule has 0 bridgehead atoms. The molecule has 0 radical (unpaired) electrons. The number of anilines is 1. The highest BCUT2D eigenvalue weighted by Gasteiger charge is 2.17. The van der Waals surface area contributed by atoms with Crippen LogP contribution in [0.4, 0.5) is 16.0 Å². The molecule has 8 heteroatoms. The molecular weight excluding hydrogens is 331 g/mol. The van der Waals surface area contributed by atoms with Gasteiger partial charge < -0.3 is 14.5 Å². The average Bonchev–Trinajstić information content (AvgIpc) is 3.07. The van der Waals surface area contributed by atoms with Gasteiger partial charge in [-0.2, -0.15) is 0 Å². The molecule has 1 amide bonds. The van der Waals surface area contributed by atoms with Crippen molar-refractivity contribution in [2.75, 3.05) is 5.32 Å². The van der Waals surface area contributed by atoms with E-state index in [-0.39, 0.29) is 5.76 Å². The van der Waals surface area contributed by atoms with Crippen molar-refractivity contribution >= 4 is 17.5 Å². The predicted molar refractivity (Wildman–Crippen MR) is 86.2 cm³/mol. The van der Waals surface area contributed by atoms with Crippen LogP contribution in [0, 0.1) is 15.9 Å². The topological polar surface area (TPSA) is 94.6 Å². The lowest BCUT2D eigenvalue weighted by Gasteiger charge is -2.07. The number of amides is 1. The highest BCUT2D eigenvalue weighted by Crippen LogP contribution is 2.24. The van der Waals surface area contributed by atoms with Crippen LogP contribution >= 0.6 is 0 Å². The molecule has 2 aromatic carbocycles. The number of furan rings is 1. The van der Waals surface area contributed by atoms with Gasteiger partial charge in [0.15, 0.2) is 5.76 Å². The van der Waals surface area contributed by atoms with Gasteiger partial charge in [0.2, 0.25) is 0 Å². The average molecular weight is 342 g/mol. The Kier molecular flexibility index (Phi) is 4.42. The van der Waals surface area contributed by atoms with Crippen LogP contribution in [0.15, 0.2) is 65.1 Å². The summed E-state index contributed by atoms with van der Waals surface area (Å²) in [5.74, 6) is -0.909. The molecule has 0 aliphatic rings. The first kappa shape index (κ1) is 16.2. The Bertz CT molecular complexity index is 921. The lowest BCUT2D eigenvalue weighted by molar-refractivity contribution is -0.402. The smallest absolute Gasteiger partial charge is 0.433 e. The van der Waals surface area contributed by atoms with Crippen molar-refractivity contribution in [3.05, 3.63) is 82.4 Å². The third kappa shape index (κ3) is 3.99. The molecule has 3 aromatic rings. The summed E-state index contributed by atoms with van der Waals surface area (Å²) in [4.78, 5) is 21.8. The minimum atomic E-state index is -0.727. The number of halogens is 1. The van der Waals surface area contributed by atoms with Crippen LogP contribution in [-0.4, -0.2) is 10.8 Å². The van der Waals surface area contributed by atoms with Gasteiger partial charge in [0.05, 0.1) is 6.07 Å². The standard InChI is InChI=1S/C17H11FN2O5/c18-11-2-1-3-14(10-11)24-13-6-4-12(5-7-13)19-17(21)15-8-9-16(25-15)20(22)23/h1-10H,(H,19,21). The largest absolute Gasteiger partial charge is 0.457 e. The molecule has 3 rings (SSSR count). The molecule has 7 nitrogen and oxygen atoms in total. The fraction of sp³-hybridized carbons (Fsp3) is 0. The van der Waals surface area contributed by atoms with Crippen molar-refractivity contribution in [1.29, 1.82) is 0 Å². The highest BCUT2D eigenvalue weighted by molar-refractivity contribution is 6.02. The number of carbonyl (C=O) groups excluding carboxylic acids is 1. The Morgan fingerprint density at radius 2 is 1.84 bits per heavy atom. The fourth-order valence-corrected chi connectivity index (χ4v) is 2.01. The van der Waals surface area contributed by atoms with E-state index in [9.17, 15) is 19.3 Å². The zero-order valence-corrected chi connectivity index (χ0v) is 12.6. The van der Waals surface area contributed by atoms with Gasteiger partial charge in [-0.1, -0.05) is 6.07 Å². The monoisotopic (exact) mass is 342 g/mol. The summed E-state index contributed by atoms with van der Waals surface area (Å²) >= 11 is 0. The first-order valence-corrected chi connectivity index (χ1v) is 7.10. The molecule has 0 saturated carbocycles. The van der Waals surface area contributed by atoms with E-state index in [0.717, 1.165) is 6.07 Å². The maximum absolute atomic E-state index is 13.1. The third-order valence-corrected chi connectivity index (χ3v) is 3.14. The summed E-state index contributed by atoms with van der Waals surface area (Å²) in [7, 11) is 0. The molecular formula is C17H11FN2O5. The van der Waals surface area contributed by atoms with Crippen LogP contribution < -0.4 is 10.1 Å². The van der Waals surface area contributed by atoms with Gasteiger partial charge in [0.25, 0.3) is 5.91 Å². The van der Waals surface area contributed by atoms with Crippen LogP contribution in [0.2, 0.25) is 0 Å². The van der Waals surface area contributed by atoms with Gasteiger partial charge in [-0.25, -0.2) is 4.39 Å². The Labute approximate surface area is 140 Å². The second-order valence-electron chi connectivity index (χ2n) is 4.93. The van der Waals surface area contributed by atoms with Gasteiger partial charge in [-0.05, 0) is 42.5 Å². The first-order valence-electron chi connectivity index (χ1n) is 7.10. The number of hydrogen-bond acceptors (Lipinski definition) is 5. The molecule has 1 aromatic heterocycles. The highest BCUT2D eigenvalue weighted by atomic mass is 19.1. The van der Waals surface area contributed by atoms with Crippen LogP contribution in [0.25, 0.3) is 0 Å². The van der Waals surface area contributed by atoms with Gasteiger partial charge >= 0.3 is 5.88 Å². The molecule has 0 fully saturated rings. The van der Waals surface area contributed by atoms with Gasteiger partial charge in [-0.3, -0.25) is 14.9 Å². The normalized spacial score (nSPS) is 10.3. The number of ether oxygens (including phenoxy) is 1. The summed E-state index contributed by atoms with van der Waals surface area (Å²) in [5.41, 5.74) is 0.440. The maximum Gasteiger partial charge on any atom is 0.433 e. The molecule has 1 N–H and O–H groups in total. The summed E-state index contributed by atoms with van der Waals surface area (Å²) in [5, 5.41) is 13.1. The fourth-order valence-electron chi connectivity index (χ4n) is 2.01. The number of hydrogen-bond donors (Lipinski definition) is 1. The Balaban J connectivity index is 1.65. The van der Waals surface area contributed by atoms with Crippen LogP contribution in [0.3, 0.4) is 0 Å². The van der Waals surface area contributed by atoms with E-state index >= 15 is 0 Å². The zero-order valence-electron chi connectivity index (χ0n) is 12.6. The van der Waals surface area contributed by atoms with Crippen molar-refractivity contribution in [2.24, 2.45) is 0 Å². The van der Waals surface area contributed by atoms with Crippen LogP contribution in [0.5, 0.6) is 11.5 Å². The maximum atomic E-state index is 13.1. The Morgan fingerprint density at radius 3 is 2.48 bits per heavy atom. The summed E-state index contributed by atoms with van der Waals surface area (Å²) in [6.07, 6.45) is 0. The number of carbonyl (C=O) groups is 1. The third-order valence-electron chi connectivity index (χ3n) is 3.14. The Hall–Kier alpha value is -3.68. The molecule has 0 aliphatic heterocycles. The van der Waals surface area contributed by atoms with E-state index < -0.39 is 22.5 Å². The van der Waals surface area contributed by atoms with Gasteiger partial charge in [-0.15, -0.1) is 0 Å². The summed E-state index contributed by atoms with van der Waals surface area (Å²) in [6, 6.07) is 14.3. The van der Waals surface area contributed by atoms with Crippen molar-refractivity contribution < 1.29 is 23.3 Å². The van der Waals surface area contributed by atoms with Crippen molar-refractivity contribution in [3.8, 4) is 11.5 Å². The second-order valence-corrected chi connectivity index (χ2v) is 4.93. The molecule has 0 aliphatic carbocycles. The number of benzene rings is 2. The van der Waals surface area contributed by atoms with Crippen molar-refractivity contribution in [2.45, 2.75) is 0 Å². The second kappa shape index (κ2) is 6.83. The number of nitro groups is 1. The molecule has 0 atom stereocenters. The predicted octanol–water partition coefficient (Wildman–Crippen LogP) is 4.37. The quantitative estimate of drug-likeness (QED) is 0.549. The molecule has 0 saturated heterocycles. The summed E-state index contributed by atoms with van der Waals surface area (Å²) < 4.78 is 23.4. The zero-order chi connectivity index (χ0) is 17.8. The molecule has 126 valence electrons. The minimum Gasteiger partial charge on any atom is -0.457 e. The molecule has 25 heavy (non-hydrogen) atoms. The number of nitrogens with zero attached hydrogens (tertiary/aromatic N) is 1. The van der Waals surface area contributed by atoms with Crippen molar-refractivity contribution in [1.82, 2.24) is 0 Å².